The Morgan fingerprint density at radius 2 is 2.36 bits per heavy atom. The normalized spacial score (nSPS) is 12.3. The van der Waals surface area contributed by atoms with Gasteiger partial charge in [-0.1, -0.05) is 11.8 Å². The van der Waals surface area contributed by atoms with Crippen LogP contribution >= 0.6 is 11.8 Å². The van der Waals surface area contributed by atoms with Gasteiger partial charge in [0, 0.05) is 12.0 Å². The van der Waals surface area contributed by atoms with Gasteiger partial charge in [0.05, 0.1) is 18.6 Å². The van der Waals surface area contributed by atoms with Crippen molar-refractivity contribution in [2.24, 2.45) is 0 Å². The number of benzene rings is 1. The quantitative estimate of drug-likeness (QED) is 0.522. The molecule has 0 spiro atoms. The van der Waals surface area contributed by atoms with E-state index >= 15 is 0 Å². The molecule has 0 fully saturated rings. The number of rotatable bonds is 4. The van der Waals surface area contributed by atoms with Gasteiger partial charge in [-0.3, -0.25) is 4.79 Å². The molecule has 0 saturated carbocycles. The summed E-state index contributed by atoms with van der Waals surface area (Å²) in [4.78, 5) is 20.2. The Morgan fingerprint density at radius 3 is 3.14 bits per heavy atom. The molecule has 7 heteroatoms. The van der Waals surface area contributed by atoms with Crippen LogP contribution in [0.5, 0.6) is 5.75 Å². The minimum atomic E-state index is -0.00812. The predicted molar refractivity (Wildman–Crippen MR) is 81.9 cm³/mol. The lowest BCUT2D eigenvalue weighted by molar-refractivity contribution is 0.102. The molecule has 1 aromatic heterocycles. The molecule has 0 saturated heterocycles. The zero-order valence-corrected chi connectivity index (χ0v) is 12.4. The summed E-state index contributed by atoms with van der Waals surface area (Å²) in [6.45, 7) is 0.667. The van der Waals surface area contributed by atoms with Gasteiger partial charge in [-0.05, 0) is 23.8 Å². The highest BCUT2D eigenvalue weighted by atomic mass is 32.2. The number of thioether (sulfide) groups is 1. The number of anilines is 1. The molecule has 0 unspecified atom stereocenters. The van der Waals surface area contributed by atoms with Crippen LogP contribution in [-0.2, 0) is 6.42 Å². The van der Waals surface area contributed by atoms with Gasteiger partial charge >= 0.3 is 0 Å². The van der Waals surface area contributed by atoms with Crippen LogP contribution in [0.4, 0.5) is 5.82 Å². The average Bonchev–Trinajstić information content (AvgIpc) is 3.00. The number of fused-ring (bicyclic) bond motifs is 1. The van der Waals surface area contributed by atoms with E-state index in [4.69, 9.17) is 15.7 Å². The van der Waals surface area contributed by atoms with E-state index in [1.54, 1.807) is 6.07 Å². The molecular weight excluding hydrogens is 300 g/mol. The number of nitriles is 1. The van der Waals surface area contributed by atoms with Gasteiger partial charge in [-0.2, -0.15) is 5.26 Å². The Hall–Kier alpha value is -2.59. The zero-order valence-electron chi connectivity index (χ0n) is 11.6. The summed E-state index contributed by atoms with van der Waals surface area (Å²) in [6, 6.07) is 7.37. The van der Waals surface area contributed by atoms with E-state index in [0.29, 0.717) is 17.3 Å². The molecule has 0 radical (unpaired) electrons. The number of ketones is 1. The number of ether oxygens (including phenoxy) is 1. The van der Waals surface area contributed by atoms with Gasteiger partial charge in [0.25, 0.3) is 0 Å². The van der Waals surface area contributed by atoms with Crippen molar-refractivity contribution < 1.29 is 9.53 Å². The number of nitrogens with two attached hydrogens (primary N) is 1. The first-order chi connectivity index (χ1) is 10.7. The molecule has 3 rings (SSSR count). The highest BCUT2D eigenvalue weighted by Gasteiger charge is 2.15. The Kier molecular flexibility index (Phi) is 3.94. The van der Waals surface area contributed by atoms with E-state index in [0.717, 1.165) is 17.7 Å². The summed E-state index contributed by atoms with van der Waals surface area (Å²) >= 11 is 1.20. The third-order valence-corrected chi connectivity index (χ3v) is 4.12. The van der Waals surface area contributed by atoms with E-state index < -0.39 is 0 Å². The Morgan fingerprint density at radius 1 is 1.50 bits per heavy atom. The molecule has 110 valence electrons. The average molecular weight is 312 g/mol. The monoisotopic (exact) mass is 312 g/mol. The first-order valence-corrected chi connectivity index (χ1v) is 7.60. The largest absolute Gasteiger partial charge is 0.493 e. The number of nitrogens with zero attached hydrogens (tertiary/aromatic N) is 3. The van der Waals surface area contributed by atoms with Crippen molar-refractivity contribution in [2.75, 3.05) is 18.1 Å². The summed E-state index contributed by atoms with van der Waals surface area (Å²) in [5.41, 5.74) is 7.57. The molecule has 1 aliphatic rings. The van der Waals surface area contributed by atoms with Gasteiger partial charge in [-0.15, -0.1) is 0 Å². The summed E-state index contributed by atoms with van der Waals surface area (Å²) in [6.07, 6.45) is 2.20. The van der Waals surface area contributed by atoms with Crippen molar-refractivity contribution in [3.8, 4) is 11.8 Å². The topological polar surface area (TPSA) is 102 Å². The third-order valence-electron chi connectivity index (χ3n) is 3.26. The lowest BCUT2D eigenvalue weighted by atomic mass is 10.1. The number of carbonyl (C=O) groups is 1. The Balaban J connectivity index is 1.67. The highest BCUT2D eigenvalue weighted by molar-refractivity contribution is 7.99. The van der Waals surface area contributed by atoms with Crippen LogP contribution in [0.3, 0.4) is 0 Å². The van der Waals surface area contributed by atoms with E-state index in [1.807, 2.05) is 18.2 Å². The van der Waals surface area contributed by atoms with Crippen LogP contribution in [0.2, 0.25) is 0 Å². The number of hydrogen-bond acceptors (Lipinski definition) is 7. The van der Waals surface area contributed by atoms with Gasteiger partial charge in [0.1, 0.15) is 23.2 Å². The van der Waals surface area contributed by atoms with Crippen molar-refractivity contribution in [2.45, 2.75) is 11.6 Å². The van der Waals surface area contributed by atoms with Crippen LogP contribution in [0.15, 0.2) is 29.6 Å². The van der Waals surface area contributed by atoms with Crippen LogP contribution in [0.25, 0.3) is 0 Å². The minimum Gasteiger partial charge on any atom is -0.493 e. The fourth-order valence-electron chi connectivity index (χ4n) is 2.11. The number of aromatic nitrogens is 2. The molecule has 0 atom stereocenters. The first kappa shape index (κ1) is 14.4. The second kappa shape index (κ2) is 6.03. The molecule has 0 amide bonds. The van der Waals surface area contributed by atoms with Crippen molar-refractivity contribution in [1.82, 2.24) is 9.97 Å². The SMILES string of the molecule is N#Cc1cnc(SCC(=O)c2ccc3c(c2)CCO3)nc1N. The van der Waals surface area contributed by atoms with Crippen molar-refractivity contribution >= 4 is 23.4 Å². The van der Waals surface area contributed by atoms with E-state index in [2.05, 4.69) is 9.97 Å². The van der Waals surface area contributed by atoms with Gasteiger partial charge in [0.15, 0.2) is 10.9 Å². The first-order valence-electron chi connectivity index (χ1n) is 6.61. The van der Waals surface area contributed by atoms with Crippen LogP contribution in [0.1, 0.15) is 21.5 Å². The molecule has 2 N–H and O–H groups in total. The fraction of sp³-hybridized carbons (Fsp3) is 0.200. The van der Waals surface area contributed by atoms with Crippen molar-refractivity contribution in [3.05, 3.63) is 41.1 Å². The molecule has 2 aromatic rings. The lowest BCUT2D eigenvalue weighted by Gasteiger charge is -2.04. The summed E-state index contributed by atoms with van der Waals surface area (Å²) in [7, 11) is 0. The third kappa shape index (κ3) is 2.87. The molecule has 2 heterocycles. The smallest absolute Gasteiger partial charge is 0.189 e. The molecule has 1 aliphatic heterocycles. The van der Waals surface area contributed by atoms with Crippen LogP contribution < -0.4 is 10.5 Å². The Labute approximate surface area is 131 Å². The number of carbonyl (C=O) groups excluding carboxylic acids is 1. The fourth-order valence-corrected chi connectivity index (χ4v) is 2.82. The molecular formula is C15H12N4O2S. The molecule has 22 heavy (non-hydrogen) atoms. The summed E-state index contributed by atoms with van der Waals surface area (Å²) in [5.74, 6) is 1.19. The minimum absolute atomic E-state index is 0.00812. The van der Waals surface area contributed by atoms with Crippen molar-refractivity contribution in [1.29, 1.82) is 5.26 Å². The number of nitrogen functional groups attached to an aromatic ring is 1. The van der Waals surface area contributed by atoms with E-state index in [9.17, 15) is 4.79 Å². The van der Waals surface area contributed by atoms with E-state index in [1.165, 1.54) is 18.0 Å². The summed E-state index contributed by atoms with van der Waals surface area (Å²) in [5, 5.41) is 9.16. The van der Waals surface area contributed by atoms with Crippen molar-refractivity contribution in [3.63, 3.8) is 0 Å². The maximum Gasteiger partial charge on any atom is 0.189 e. The second-order valence-corrected chi connectivity index (χ2v) is 5.64. The zero-order chi connectivity index (χ0) is 15.5. The van der Waals surface area contributed by atoms with Crippen LogP contribution in [0, 0.1) is 11.3 Å². The number of hydrogen-bond donors (Lipinski definition) is 1. The van der Waals surface area contributed by atoms with Crippen LogP contribution in [-0.4, -0.2) is 28.1 Å². The summed E-state index contributed by atoms with van der Waals surface area (Å²) < 4.78 is 5.42. The lowest BCUT2D eigenvalue weighted by Crippen LogP contribution is -2.04. The Bertz CT molecular complexity index is 786. The second-order valence-electron chi connectivity index (χ2n) is 4.70. The maximum atomic E-state index is 12.2. The molecule has 1 aromatic carbocycles. The van der Waals surface area contributed by atoms with Gasteiger partial charge < -0.3 is 10.5 Å². The van der Waals surface area contributed by atoms with Gasteiger partial charge in [0.2, 0.25) is 0 Å². The van der Waals surface area contributed by atoms with Gasteiger partial charge in [-0.25, -0.2) is 9.97 Å². The highest BCUT2D eigenvalue weighted by Crippen LogP contribution is 2.26. The van der Waals surface area contributed by atoms with E-state index in [-0.39, 0.29) is 22.9 Å². The maximum absolute atomic E-state index is 12.2. The molecule has 0 bridgehead atoms. The predicted octanol–water partition coefficient (Wildman–Crippen LogP) is 1.84. The molecule has 0 aliphatic carbocycles. The molecule has 6 nitrogen and oxygen atoms in total. The standard InChI is InChI=1S/C15H12N4O2S/c16-6-11-7-18-15(19-14(11)17)22-8-12(20)9-1-2-13-10(5-9)3-4-21-13/h1-2,5,7H,3-4,8H2,(H2,17,18,19). The number of Topliss-reactive ketones (excluding diaryl/α,β-unsaturated/α-hetero) is 1.